The van der Waals surface area contributed by atoms with Crippen molar-refractivity contribution in [3.8, 4) is 0 Å². The summed E-state index contributed by atoms with van der Waals surface area (Å²) in [5.74, 6) is 0. The Hall–Kier alpha value is -1.89. The lowest BCUT2D eigenvalue weighted by Crippen LogP contribution is -2.31. The second kappa shape index (κ2) is 4.54. The number of rotatable bonds is 2. The standard InChI is InChI=1S/C10H9BrN4O2/c11-6-1-2-7(13-3-6)4-15-5-8(12)9(16)14-10(15)17/h1-3,5H,4,12H2,(H,14,16,17). The highest BCUT2D eigenvalue weighted by Gasteiger charge is 2.03. The number of nitrogens with zero attached hydrogens (tertiary/aromatic N) is 2. The number of hydrogen-bond donors (Lipinski definition) is 2. The van der Waals surface area contributed by atoms with Crippen LogP contribution in [0.4, 0.5) is 5.69 Å². The topological polar surface area (TPSA) is 93.8 Å². The Morgan fingerprint density at radius 2 is 2.18 bits per heavy atom. The van der Waals surface area contributed by atoms with E-state index in [0.29, 0.717) is 5.69 Å². The minimum absolute atomic E-state index is 0.00158. The van der Waals surface area contributed by atoms with Crippen molar-refractivity contribution in [1.29, 1.82) is 0 Å². The average molecular weight is 297 g/mol. The zero-order valence-corrected chi connectivity index (χ0v) is 10.3. The van der Waals surface area contributed by atoms with Crippen LogP contribution in [-0.2, 0) is 6.54 Å². The van der Waals surface area contributed by atoms with Crippen LogP contribution in [0.3, 0.4) is 0 Å². The fraction of sp³-hybridized carbons (Fsp3) is 0.100. The van der Waals surface area contributed by atoms with Crippen molar-refractivity contribution in [1.82, 2.24) is 14.5 Å². The molecule has 17 heavy (non-hydrogen) atoms. The summed E-state index contributed by atoms with van der Waals surface area (Å²) in [6.45, 7) is 0.257. The number of hydrogen-bond acceptors (Lipinski definition) is 4. The van der Waals surface area contributed by atoms with Crippen LogP contribution in [-0.4, -0.2) is 14.5 Å². The molecule has 0 aliphatic rings. The largest absolute Gasteiger partial charge is 0.393 e. The molecule has 0 saturated carbocycles. The van der Waals surface area contributed by atoms with Gasteiger partial charge in [0.15, 0.2) is 0 Å². The van der Waals surface area contributed by atoms with Crippen LogP contribution in [0.5, 0.6) is 0 Å². The van der Waals surface area contributed by atoms with E-state index in [-0.39, 0.29) is 12.2 Å². The number of nitrogens with two attached hydrogens (primary N) is 1. The van der Waals surface area contributed by atoms with E-state index in [9.17, 15) is 9.59 Å². The first-order valence-corrected chi connectivity index (χ1v) is 5.55. The molecule has 0 spiro atoms. The van der Waals surface area contributed by atoms with Crippen molar-refractivity contribution in [3.63, 3.8) is 0 Å². The van der Waals surface area contributed by atoms with Gasteiger partial charge in [0.05, 0.1) is 12.2 Å². The van der Waals surface area contributed by atoms with Gasteiger partial charge in [-0.1, -0.05) is 0 Å². The minimum Gasteiger partial charge on any atom is -0.393 e. The molecule has 88 valence electrons. The molecule has 0 saturated heterocycles. The summed E-state index contributed by atoms with van der Waals surface area (Å²) in [4.78, 5) is 28.8. The van der Waals surface area contributed by atoms with Crippen molar-refractivity contribution in [2.75, 3.05) is 5.73 Å². The summed E-state index contributed by atoms with van der Waals surface area (Å²) < 4.78 is 2.15. The zero-order chi connectivity index (χ0) is 12.4. The Labute approximate surface area is 104 Å². The quantitative estimate of drug-likeness (QED) is 0.835. The number of anilines is 1. The Kier molecular flexibility index (Phi) is 3.10. The number of nitrogen functional groups attached to an aromatic ring is 1. The molecule has 2 rings (SSSR count). The third-order valence-electron chi connectivity index (χ3n) is 2.16. The van der Waals surface area contributed by atoms with E-state index < -0.39 is 11.2 Å². The maximum absolute atomic E-state index is 11.5. The highest BCUT2D eigenvalue weighted by Crippen LogP contribution is 2.07. The molecule has 3 N–H and O–H groups in total. The monoisotopic (exact) mass is 296 g/mol. The normalized spacial score (nSPS) is 10.4. The molecule has 0 bridgehead atoms. The summed E-state index contributed by atoms with van der Waals surface area (Å²) in [6, 6.07) is 3.60. The third kappa shape index (κ3) is 2.62. The summed E-state index contributed by atoms with van der Waals surface area (Å²) in [5.41, 5.74) is 5.05. The van der Waals surface area contributed by atoms with Crippen molar-refractivity contribution >= 4 is 21.6 Å². The number of pyridine rings is 1. The van der Waals surface area contributed by atoms with E-state index in [2.05, 4.69) is 25.9 Å². The van der Waals surface area contributed by atoms with E-state index in [0.717, 1.165) is 4.47 Å². The summed E-state index contributed by atoms with van der Waals surface area (Å²) in [6.07, 6.45) is 2.94. The first-order chi connectivity index (χ1) is 8.06. The Morgan fingerprint density at radius 3 is 2.82 bits per heavy atom. The van der Waals surface area contributed by atoms with Gasteiger partial charge in [0.1, 0.15) is 5.69 Å². The fourth-order valence-electron chi connectivity index (χ4n) is 1.32. The van der Waals surface area contributed by atoms with Gasteiger partial charge in [-0.15, -0.1) is 0 Å². The van der Waals surface area contributed by atoms with Crippen LogP contribution in [0.15, 0.2) is 38.6 Å². The zero-order valence-electron chi connectivity index (χ0n) is 8.68. The molecule has 0 aliphatic heterocycles. The molecule has 0 unspecified atom stereocenters. The summed E-state index contributed by atoms with van der Waals surface area (Å²) >= 11 is 3.27. The second-order valence-electron chi connectivity index (χ2n) is 3.44. The Balaban J connectivity index is 2.36. The predicted molar refractivity (Wildman–Crippen MR) is 66.8 cm³/mol. The van der Waals surface area contributed by atoms with Crippen LogP contribution < -0.4 is 17.0 Å². The third-order valence-corrected chi connectivity index (χ3v) is 2.63. The number of H-pyrrole nitrogens is 1. The molecule has 2 aromatic heterocycles. The van der Waals surface area contributed by atoms with Crippen molar-refractivity contribution in [2.45, 2.75) is 6.54 Å². The number of nitrogens with one attached hydrogen (secondary N) is 1. The first-order valence-electron chi connectivity index (χ1n) is 4.76. The Bertz CT molecular complexity index is 645. The van der Waals surface area contributed by atoms with E-state index in [1.807, 2.05) is 6.07 Å². The molecular formula is C10H9BrN4O2. The highest BCUT2D eigenvalue weighted by molar-refractivity contribution is 9.10. The number of aromatic amines is 1. The fourth-order valence-corrected chi connectivity index (χ4v) is 1.55. The van der Waals surface area contributed by atoms with E-state index in [1.54, 1.807) is 12.3 Å². The molecule has 0 fully saturated rings. The van der Waals surface area contributed by atoms with Crippen molar-refractivity contribution in [2.24, 2.45) is 0 Å². The maximum atomic E-state index is 11.5. The lowest BCUT2D eigenvalue weighted by atomic mass is 10.3. The summed E-state index contributed by atoms with van der Waals surface area (Å²) in [7, 11) is 0. The number of aromatic nitrogens is 3. The predicted octanol–water partition coefficient (Wildman–Crippen LogP) is 0.325. The number of halogens is 1. The van der Waals surface area contributed by atoms with Gasteiger partial charge < -0.3 is 5.73 Å². The van der Waals surface area contributed by atoms with E-state index in [4.69, 9.17) is 5.73 Å². The highest BCUT2D eigenvalue weighted by atomic mass is 79.9. The van der Waals surface area contributed by atoms with Crippen LogP contribution in [0, 0.1) is 0 Å². The van der Waals surface area contributed by atoms with Gasteiger partial charge in [-0.3, -0.25) is 19.3 Å². The van der Waals surface area contributed by atoms with Crippen LogP contribution >= 0.6 is 15.9 Å². The molecule has 7 heteroatoms. The Morgan fingerprint density at radius 1 is 1.41 bits per heavy atom. The second-order valence-corrected chi connectivity index (χ2v) is 4.36. The molecule has 6 nitrogen and oxygen atoms in total. The van der Waals surface area contributed by atoms with Crippen LogP contribution in [0.2, 0.25) is 0 Å². The first kappa shape index (κ1) is 11.6. The van der Waals surface area contributed by atoms with Crippen molar-refractivity contribution in [3.05, 3.63) is 55.5 Å². The van der Waals surface area contributed by atoms with Gasteiger partial charge in [-0.25, -0.2) is 4.79 Å². The molecule has 0 amide bonds. The van der Waals surface area contributed by atoms with Gasteiger partial charge in [-0.05, 0) is 28.1 Å². The van der Waals surface area contributed by atoms with Crippen LogP contribution in [0.1, 0.15) is 5.69 Å². The molecule has 0 aromatic carbocycles. The lowest BCUT2D eigenvalue weighted by Gasteiger charge is -2.05. The summed E-state index contributed by atoms with van der Waals surface area (Å²) in [5, 5.41) is 0. The van der Waals surface area contributed by atoms with Gasteiger partial charge in [0.25, 0.3) is 5.56 Å². The molecule has 2 heterocycles. The van der Waals surface area contributed by atoms with E-state index in [1.165, 1.54) is 10.8 Å². The van der Waals surface area contributed by atoms with Gasteiger partial charge in [0, 0.05) is 16.9 Å². The van der Waals surface area contributed by atoms with Crippen LogP contribution in [0.25, 0.3) is 0 Å². The average Bonchev–Trinajstić information content (AvgIpc) is 2.29. The van der Waals surface area contributed by atoms with Gasteiger partial charge in [0.2, 0.25) is 0 Å². The van der Waals surface area contributed by atoms with Crippen molar-refractivity contribution < 1.29 is 0 Å². The molecule has 0 atom stereocenters. The molecule has 0 aliphatic carbocycles. The minimum atomic E-state index is -0.574. The van der Waals surface area contributed by atoms with E-state index >= 15 is 0 Å². The van der Waals surface area contributed by atoms with Gasteiger partial charge >= 0.3 is 5.69 Å². The molecule has 0 radical (unpaired) electrons. The van der Waals surface area contributed by atoms with Gasteiger partial charge in [-0.2, -0.15) is 0 Å². The lowest BCUT2D eigenvalue weighted by molar-refractivity contribution is 0.707. The SMILES string of the molecule is Nc1cn(Cc2ccc(Br)cn2)c(=O)[nH]c1=O. The molecule has 2 aromatic rings. The smallest absolute Gasteiger partial charge is 0.328 e. The molecular weight excluding hydrogens is 288 g/mol. The maximum Gasteiger partial charge on any atom is 0.328 e.